The zero-order chi connectivity index (χ0) is 12.1. The second-order valence-corrected chi connectivity index (χ2v) is 5.68. The summed E-state index contributed by atoms with van der Waals surface area (Å²) < 4.78 is 0. The predicted octanol–water partition coefficient (Wildman–Crippen LogP) is 3.35. The standard InChI is InChI=1S/C13H17NO2S/c15-13(16)12-10(5-4-8-14-12)9-17-11-6-2-1-3-7-11/h4-5,8,11H,1-3,6-7,9H2,(H,15,16). The molecule has 1 aromatic rings. The number of hydrogen-bond acceptors (Lipinski definition) is 3. The number of nitrogens with zero attached hydrogens (tertiary/aromatic N) is 1. The Morgan fingerprint density at radius 2 is 2.18 bits per heavy atom. The molecule has 0 atom stereocenters. The lowest BCUT2D eigenvalue weighted by Gasteiger charge is -2.21. The monoisotopic (exact) mass is 251 g/mol. The van der Waals surface area contributed by atoms with Gasteiger partial charge in [-0.3, -0.25) is 0 Å². The summed E-state index contributed by atoms with van der Waals surface area (Å²) in [6, 6.07) is 3.68. The van der Waals surface area contributed by atoms with Crippen molar-refractivity contribution in [3.63, 3.8) is 0 Å². The van der Waals surface area contributed by atoms with Crippen LogP contribution in [0.15, 0.2) is 18.3 Å². The van der Waals surface area contributed by atoms with Gasteiger partial charge in [-0.2, -0.15) is 11.8 Å². The van der Waals surface area contributed by atoms with Crippen molar-refractivity contribution in [2.24, 2.45) is 0 Å². The van der Waals surface area contributed by atoms with E-state index in [4.69, 9.17) is 5.11 Å². The highest BCUT2D eigenvalue weighted by atomic mass is 32.2. The van der Waals surface area contributed by atoms with E-state index in [1.54, 1.807) is 0 Å². The van der Waals surface area contributed by atoms with Gasteiger partial charge in [-0.05, 0) is 24.5 Å². The Kier molecular flexibility index (Phi) is 4.42. The first-order valence-corrected chi connectivity index (χ1v) is 7.11. The minimum atomic E-state index is -0.926. The number of aromatic carboxylic acids is 1. The average molecular weight is 251 g/mol. The summed E-state index contributed by atoms with van der Waals surface area (Å²) in [7, 11) is 0. The molecule has 1 aliphatic carbocycles. The minimum absolute atomic E-state index is 0.204. The first kappa shape index (κ1) is 12.4. The van der Waals surface area contributed by atoms with Crippen molar-refractivity contribution in [2.45, 2.75) is 43.1 Å². The maximum Gasteiger partial charge on any atom is 0.354 e. The van der Waals surface area contributed by atoms with E-state index in [0.29, 0.717) is 5.25 Å². The highest BCUT2D eigenvalue weighted by molar-refractivity contribution is 7.99. The second kappa shape index (κ2) is 6.05. The van der Waals surface area contributed by atoms with E-state index < -0.39 is 5.97 Å². The van der Waals surface area contributed by atoms with Crippen LogP contribution in [-0.2, 0) is 5.75 Å². The number of carboxylic acids is 1. The van der Waals surface area contributed by atoms with Gasteiger partial charge in [0, 0.05) is 17.2 Å². The van der Waals surface area contributed by atoms with Gasteiger partial charge in [-0.15, -0.1) is 0 Å². The Hall–Kier alpha value is -1.03. The molecular formula is C13H17NO2S. The van der Waals surface area contributed by atoms with Crippen LogP contribution in [0.4, 0.5) is 0 Å². The molecule has 0 radical (unpaired) electrons. The van der Waals surface area contributed by atoms with Crippen LogP contribution < -0.4 is 0 Å². The fourth-order valence-corrected chi connectivity index (χ4v) is 3.50. The maximum absolute atomic E-state index is 11.0. The molecule has 4 heteroatoms. The first-order chi connectivity index (χ1) is 8.27. The summed E-state index contributed by atoms with van der Waals surface area (Å²) in [4.78, 5) is 14.9. The molecule has 0 unspecified atom stereocenters. The molecule has 1 heterocycles. The number of pyridine rings is 1. The molecule has 1 aromatic heterocycles. The molecule has 0 amide bonds. The quantitative estimate of drug-likeness (QED) is 0.891. The van der Waals surface area contributed by atoms with Gasteiger partial charge in [0.1, 0.15) is 0 Å². The fraction of sp³-hybridized carbons (Fsp3) is 0.538. The van der Waals surface area contributed by atoms with Crippen molar-refractivity contribution in [3.05, 3.63) is 29.6 Å². The van der Waals surface area contributed by atoms with Gasteiger partial charge >= 0.3 is 5.97 Å². The molecule has 0 aromatic carbocycles. The number of aromatic nitrogens is 1. The normalized spacial score (nSPS) is 16.9. The lowest BCUT2D eigenvalue weighted by atomic mass is 10.0. The summed E-state index contributed by atoms with van der Waals surface area (Å²) >= 11 is 1.88. The van der Waals surface area contributed by atoms with E-state index in [9.17, 15) is 4.79 Å². The van der Waals surface area contributed by atoms with Crippen LogP contribution in [0, 0.1) is 0 Å². The molecule has 0 saturated heterocycles. The summed E-state index contributed by atoms with van der Waals surface area (Å²) in [5.74, 6) is -0.162. The number of rotatable bonds is 4. The summed E-state index contributed by atoms with van der Waals surface area (Å²) in [6.07, 6.45) is 8.07. The van der Waals surface area contributed by atoms with Crippen LogP contribution in [0.1, 0.15) is 48.2 Å². The molecule has 1 fully saturated rings. The molecule has 92 valence electrons. The van der Waals surface area contributed by atoms with Crippen LogP contribution in [-0.4, -0.2) is 21.3 Å². The van der Waals surface area contributed by atoms with E-state index >= 15 is 0 Å². The van der Waals surface area contributed by atoms with Crippen LogP contribution in [0.25, 0.3) is 0 Å². The van der Waals surface area contributed by atoms with E-state index in [1.165, 1.54) is 38.3 Å². The molecule has 0 bridgehead atoms. The summed E-state index contributed by atoms with van der Waals surface area (Å²) in [6.45, 7) is 0. The Labute approximate surface area is 106 Å². The van der Waals surface area contributed by atoms with E-state index in [0.717, 1.165) is 11.3 Å². The third-order valence-corrected chi connectivity index (χ3v) is 4.54. The van der Waals surface area contributed by atoms with Crippen molar-refractivity contribution in [3.8, 4) is 0 Å². The average Bonchev–Trinajstić information content (AvgIpc) is 2.38. The second-order valence-electron chi connectivity index (χ2n) is 4.39. The zero-order valence-electron chi connectivity index (χ0n) is 9.76. The SMILES string of the molecule is O=C(O)c1ncccc1CSC1CCCCC1. The van der Waals surface area contributed by atoms with Crippen LogP contribution >= 0.6 is 11.8 Å². The molecular weight excluding hydrogens is 234 g/mol. The maximum atomic E-state index is 11.0. The van der Waals surface area contributed by atoms with Crippen molar-refractivity contribution >= 4 is 17.7 Å². The van der Waals surface area contributed by atoms with Crippen LogP contribution in [0.2, 0.25) is 0 Å². The third-order valence-electron chi connectivity index (χ3n) is 3.12. The highest BCUT2D eigenvalue weighted by Gasteiger charge is 2.16. The lowest BCUT2D eigenvalue weighted by molar-refractivity contribution is 0.0689. The van der Waals surface area contributed by atoms with Gasteiger partial charge < -0.3 is 5.11 Å². The third kappa shape index (κ3) is 3.46. The Bertz CT molecular complexity index is 389. The van der Waals surface area contributed by atoms with Gasteiger partial charge in [0.25, 0.3) is 0 Å². The number of carboxylic acid groups (broad SMARTS) is 1. The topological polar surface area (TPSA) is 50.2 Å². The molecule has 3 nitrogen and oxygen atoms in total. The van der Waals surface area contributed by atoms with E-state index in [-0.39, 0.29) is 5.69 Å². The van der Waals surface area contributed by atoms with Gasteiger partial charge in [-0.25, -0.2) is 9.78 Å². The van der Waals surface area contributed by atoms with Crippen molar-refractivity contribution in [1.29, 1.82) is 0 Å². The Morgan fingerprint density at radius 1 is 1.41 bits per heavy atom. The van der Waals surface area contributed by atoms with Gasteiger partial charge in [-0.1, -0.05) is 25.3 Å². The predicted molar refractivity (Wildman–Crippen MR) is 69.4 cm³/mol. The smallest absolute Gasteiger partial charge is 0.354 e. The van der Waals surface area contributed by atoms with Gasteiger partial charge in [0.15, 0.2) is 5.69 Å². The zero-order valence-corrected chi connectivity index (χ0v) is 10.6. The van der Waals surface area contributed by atoms with E-state index in [2.05, 4.69) is 4.98 Å². The first-order valence-electron chi connectivity index (χ1n) is 6.06. The number of thioether (sulfide) groups is 1. The largest absolute Gasteiger partial charge is 0.477 e. The number of hydrogen-bond donors (Lipinski definition) is 1. The van der Waals surface area contributed by atoms with Crippen molar-refractivity contribution in [1.82, 2.24) is 4.98 Å². The van der Waals surface area contributed by atoms with Gasteiger partial charge in [0.2, 0.25) is 0 Å². The molecule has 1 saturated carbocycles. The van der Waals surface area contributed by atoms with Crippen LogP contribution in [0.3, 0.4) is 0 Å². The molecule has 0 aliphatic heterocycles. The van der Waals surface area contributed by atoms with Crippen LogP contribution in [0.5, 0.6) is 0 Å². The summed E-state index contributed by atoms with van der Waals surface area (Å²) in [5, 5.41) is 9.73. The number of carbonyl (C=O) groups is 1. The minimum Gasteiger partial charge on any atom is -0.477 e. The molecule has 1 N–H and O–H groups in total. The molecule has 0 spiro atoms. The fourth-order valence-electron chi connectivity index (χ4n) is 2.19. The van der Waals surface area contributed by atoms with Gasteiger partial charge in [0.05, 0.1) is 0 Å². The van der Waals surface area contributed by atoms with Crippen molar-refractivity contribution in [2.75, 3.05) is 0 Å². The summed E-state index contributed by atoms with van der Waals surface area (Å²) in [5.41, 5.74) is 1.05. The van der Waals surface area contributed by atoms with E-state index in [1.807, 2.05) is 23.9 Å². The molecule has 2 rings (SSSR count). The highest BCUT2D eigenvalue weighted by Crippen LogP contribution is 2.30. The van der Waals surface area contributed by atoms with Crippen molar-refractivity contribution < 1.29 is 9.90 Å². The molecule has 17 heavy (non-hydrogen) atoms. The molecule has 1 aliphatic rings. The lowest BCUT2D eigenvalue weighted by Crippen LogP contribution is -2.10. The Morgan fingerprint density at radius 3 is 2.88 bits per heavy atom. The Balaban J connectivity index is 1.96.